The van der Waals surface area contributed by atoms with Gasteiger partial charge < -0.3 is 5.32 Å². The molecule has 0 fully saturated rings. The number of aromatic nitrogens is 3. The predicted octanol–water partition coefficient (Wildman–Crippen LogP) is 1.19. The fourth-order valence-electron chi connectivity index (χ4n) is 1.29. The van der Waals surface area contributed by atoms with Crippen LogP contribution in [0.1, 0.15) is 5.69 Å². The Morgan fingerprint density at radius 3 is 3.00 bits per heavy atom. The van der Waals surface area contributed by atoms with E-state index in [-0.39, 0.29) is 0 Å². The van der Waals surface area contributed by atoms with Crippen LogP contribution in [0.5, 0.6) is 0 Å². The van der Waals surface area contributed by atoms with Crippen LogP contribution in [0.4, 0.5) is 0 Å². The summed E-state index contributed by atoms with van der Waals surface area (Å²) in [6, 6.07) is 7.79. The highest BCUT2D eigenvalue weighted by Gasteiger charge is 2.02. The number of nitrogens with one attached hydrogen (secondary N) is 2. The molecule has 0 aliphatic carbocycles. The summed E-state index contributed by atoms with van der Waals surface area (Å²) in [7, 11) is 1.90. The van der Waals surface area contributed by atoms with Gasteiger partial charge in [0.2, 0.25) is 0 Å². The van der Waals surface area contributed by atoms with E-state index in [0.29, 0.717) is 0 Å². The molecule has 0 saturated carbocycles. The van der Waals surface area contributed by atoms with Crippen LogP contribution in [-0.4, -0.2) is 22.2 Å². The van der Waals surface area contributed by atoms with Gasteiger partial charge in [-0.15, -0.1) is 0 Å². The molecule has 0 amide bonds. The van der Waals surface area contributed by atoms with E-state index in [1.165, 1.54) is 0 Å². The number of hydrogen-bond acceptors (Lipinski definition) is 3. The van der Waals surface area contributed by atoms with Crippen molar-refractivity contribution in [2.24, 2.45) is 0 Å². The average molecular weight is 188 g/mol. The molecule has 0 atom stereocenters. The summed E-state index contributed by atoms with van der Waals surface area (Å²) in [6.07, 6.45) is 1.77. The minimum Gasteiger partial charge on any atom is -0.314 e. The molecule has 0 aliphatic rings. The number of nitrogens with zero attached hydrogens (tertiary/aromatic N) is 2. The second-order valence-electron chi connectivity index (χ2n) is 3.02. The summed E-state index contributed by atoms with van der Waals surface area (Å²) >= 11 is 0. The normalized spacial score (nSPS) is 10.4. The van der Waals surface area contributed by atoms with Gasteiger partial charge in [0.1, 0.15) is 5.69 Å². The van der Waals surface area contributed by atoms with Crippen LogP contribution in [0.2, 0.25) is 0 Å². The number of pyridine rings is 1. The summed E-state index contributed by atoms with van der Waals surface area (Å²) in [6.45, 7) is 0.792. The van der Waals surface area contributed by atoms with Crippen molar-refractivity contribution in [2.75, 3.05) is 7.05 Å². The van der Waals surface area contributed by atoms with E-state index in [1.807, 2.05) is 31.3 Å². The van der Waals surface area contributed by atoms with Crippen molar-refractivity contribution < 1.29 is 0 Å². The van der Waals surface area contributed by atoms with Gasteiger partial charge in [-0.2, -0.15) is 5.10 Å². The smallest absolute Gasteiger partial charge is 0.111 e. The molecule has 0 bridgehead atoms. The van der Waals surface area contributed by atoms with Gasteiger partial charge in [-0.05, 0) is 25.2 Å². The standard InChI is InChI=1S/C10H12N4/c1-11-7-8-6-10(14-13-8)9-4-2-3-5-12-9/h2-6,11H,7H2,1H3,(H,13,14). The summed E-state index contributed by atoms with van der Waals surface area (Å²) in [5.74, 6) is 0. The first-order valence-corrected chi connectivity index (χ1v) is 4.50. The monoisotopic (exact) mass is 188 g/mol. The Bertz CT molecular complexity index is 394. The zero-order valence-corrected chi connectivity index (χ0v) is 7.99. The van der Waals surface area contributed by atoms with Crippen molar-refractivity contribution in [1.82, 2.24) is 20.5 Å². The molecule has 2 aromatic heterocycles. The molecule has 0 spiro atoms. The highest BCUT2D eigenvalue weighted by Crippen LogP contribution is 2.13. The molecule has 14 heavy (non-hydrogen) atoms. The Balaban J connectivity index is 2.25. The first-order valence-electron chi connectivity index (χ1n) is 4.50. The fraction of sp³-hybridized carbons (Fsp3) is 0.200. The highest BCUT2D eigenvalue weighted by atomic mass is 15.1. The molecule has 2 rings (SSSR count). The van der Waals surface area contributed by atoms with Gasteiger partial charge in [-0.1, -0.05) is 6.07 Å². The predicted molar refractivity (Wildman–Crippen MR) is 54.6 cm³/mol. The summed E-state index contributed by atoms with van der Waals surface area (Å²) in [5.41, 5.74) is 2.84. The maximum absolute atomic E-state index is 4.22. The molecule has 2 aromatic rings. The highest BCUT2D eigenvalue weighted by molar-refractivity contribution is 5.53. The topological polar surface area (TPSA) is 53.6 Å². The Morgan fingerprint density at radius 2 is 2.29 bits per heavy atom. The third kappa shape index (κ3) is 1.80. The van der Waals surface area contributed by atoms with E-state index in [4.69, 9.17) is 0 Å². The quantitative estimate of drug-likeness (QED) is 0.760. The zero-order valence-electron chi connectivity index (χ0n) is 7.99. The molecular formula is C10H12N4. The Kier molecular flexibility index (Phi) is 2.55. The van der Waals surface area contributed by atoms with Crippen LogP contribution >= 0.6 is 0 Å². The van der Waals surface area contributed by atoms with E-state index in [9.17, 15) is 0 Å². The Morgan fingerprint density at radius 1 is 1.36 bits per heavy atom. The van der Waals surface area contributed by atoms with Gasteiger partial charge in [-0.25, -0.2) is 0 Å². The van der Waals surface area contributed by atoms with Gasteiger partial charge in [0.05, 0.1) is 5.69 Å². The van der Waals surface area contributed by atoms with Crippen molar-refractivity contribution >= 4 is 0 Å². The van der Waals surface area contributed by atoms with Crippen molar-refractivity contribution in [1.29, 1.82) is 0 Å². The average Bonchev–Trinajstić information content (AvgIpc) is 2.68. The second-order valence-corrected chi connectivity index (χ2v) is 3.02. The van der Waals surface area contributed by atoms with Crippen molar-refractivity contribution in [3.8, 4) is 11.4 Å². The molecule has 4 nitrogen and oxygen atoms in total. The molecule has 0 radical (unpaired) electrons. The van der Waals surface area contributed by atoms with Crippen LogP contribution < -0.4 is 5.32 Å². The van der Waals surface area contributed by atoms with Crippen LogP contribution in [0.15, 0.2) is 30.5 Å². The molecule has 72 valence electrons. The van der Waals surface area contributed by atoms with Crippen LogP contribution in [0.3, 0.4) is 0 Å². The van der Waals surface area contributed by atoms with Gasteiger partial charge in [0, 0.05) is 18.4 Å². The van der Waals surface area contributed by atoms with Crippen LogP contribution in [0.25, 0.3) is 11.4 Å². The van der Waals surface area contributed by atoms with Gasteiger partial charge >= 0.3 is 0 Å². The van der Waals surface area contributed by atoms with E-state index in [1.54, 1.807) is 6.20 Å². The first kappa shape index (κ1) is 8.90. The molecule has 2 heterocycles. The lowest BCUT2D eigenvalue weighted by Gasteiger charge is -1.92. The van der Waals surface area contributed by atoms with Gasteiger partial charge in [-0.3, -0.25) is 10.1 Å². The van der Waals surface area contributed by atoms with E-state index >= 15 is 0 Å². The lowest BCUT2D eigenvalue weighted by molar-refractivity contribution is 0.784. The van der Waals surface area contributed by atoms with Gasteiger partial charge in [0.15, 0.2) is 0 Å². The second kappa shape index (κ2) is 4.02. The van der Waals surface area contributed by atoms with Crippen molar-refractivity contribution in [2.45, 2.75) is 6.54 Å². The van der Waals surface area contributed by atoms with Gasteiger partial charge in [0.25, 0.3) is 0 Å². The van der Waals surface area contributed by atoms with Crippen LogP contribution in [-0.2, 0) is 6.54 Å². The fourth-order valence-corrected chi connectivity index (χ4v) is 1.29. The summed E-state index contributed by atoms with van der Waals surface area (Å²) in [4.78, 5) is 4.22. The minimum atomic E-state index is 0.792. The first-order chi connectivity index (χ1) is 6.90. The minimum absolute atomic E-state index is 0.792. The van der Waals surface area contributed by atoms with Crippen molar-refractivity contribution in [3.05, 3.63) is 36.2 Å². The lowest BCUT2D eigenvalue weighted by atomic mass is 10.2. The molecule has 0 saturated heterocycles. The molecule has 2 N–H and O–H groups in total. The largest absolute Gasteiger partial charge is 0.314 e. The third-order valence-corrected chi connectivity index (χ3v) is 1.93. The number of aromatic amines is 1. The van der Waals surface area contributed by atoms with Crippen molar-refractivity contribution in [3.63, 3.8) is 0 Å². The number of rotatable bonds is 3. The molecule has 0 unspecified atom stereocenters. The molecule has 0 aliphatic heterocycles. The molecular weight excluding hydrogens is 176 g/mol. The summed E-state index contributed by atoms with van der Waals surface area (Å²) < 4.78 is 0. The third-order valence-electron chi connectivity index (χ3n) is 1.93. The van der Waals surface area contributed by atoms with E-state index in [0.717, 1.165) is 23.6 Å². The van der Waals surface area contributed by atoms with E-state index in [2.05, 4.69) is 20.5 Å². The zero-order chi connectivity index (χ0) is 9.80. The Labute approximate surface area is 82.4 Å². The molecule has 4 heteroatoms. The molecule has 0 aromatic carbocycles. The lowest BCUT2D eigenvalue weighted by Crippen LogP contribution is -2.04. The van der Waals surface area contributed by atoms with E-state index < -0.39 is 0 Å². The number of hydrogen-bond donors (Lipinski definition) is 2. The Hall–Kier alpha value is -1.68. The van der Waals surface area contributed by atoms with Crippen LogP contribution in [0, 0.1) is 0 Å². The number of H-pyrrole nitrogens is 1. The maximum Gasteiger partial charge on any atom is 0.111 e. The SMILES string of the molecule is CNCc1cc(-c2ccccn2)n[nH]1. The summed E-state index contributed by atoms with van der Waals surface area (Å²) in [5, 5.41) is 10.2. The maximum atomic E-state index is 4.22.